The van der Waals surface area contributed by atoms with E-state index in [9.17, 15) is 0 Å². The highest BCUT2D eigenvalue weighted by atomic mass is 35.5. The number of aromatic nitrogens is 5. The Bertz CT molecular complexity index is 3400. The third-order valence-corrected chi connectivity index (χ3v) is 12.1. The highest BCUT2D eigenvalue weighted by Crippen LogP contribution is 2.41. The van der Waals surface area contributed by atoms with Crippen LogP contribution in [0.4, 0.5) is 0 Å². The lowest BCUT2D eigenvalue weighted by atomic mass is 9.98. The Morgan fingerprint density at radius 3 is 1.08 bits per heavy atom. The minimum atomic E-state index is 0.0988. The highest BCUT2D eigenvalue weighted by molar-refractivity contribution is 6.32. The fourth-order valence-electron chi connectivity index (χ4n) is 9.14. The van der Waals surface area contributed by atoms with Gasteiger partial charge in [-0.3, -0.25) is 4.57 Å². The summed E-state index contributed by atoms with van der Waals surface area (Å²) in [5.41, 5.74) is 13.5. The minimum absolute atomic E-state index is 0.0988. The summed E-state index contributed by atoms with van der Waals surface area (Å²) in [6, 6.07) is 67.1. The highest BCUT2D eigenvalue weighted by Gasteiger charge is 2.19. The van der Waals surface area contributed by atoms with Gasteiger partial charge >= 0.3 is 0 Å². The van der Waals surface area contributed by atoms with Crippen LogP contribution in [0.5, 0.6) is 0 Å². The Morgan fingerprint density at radius 1 is 0.305 bits per heavy atom. The van der Waals surface area contributed by atoms with Crippen LogP contribution in [0.2, 0.25) is 10.4 Å². The van der Waals surface area contributed by atoms with E-state index < -0.39 is 0 Å². The van der Waals surface area contributed by atoms with E-state index >= 15 is 0 Å². The largest absolute Gasteiger partial charge is 0.309 e. The standard InChI is InChI=1S/C52H31Cl2N5/c53-50-31-51(56-52(54)55-50)59-48-25-21-34(32-19-23-46-40(27-32)38-15-7-9-17-44(38)57(46)36-11-3-1-4-12-36)29-42(48)43-30-35(22-26-49(43)59)33-20-24-47-41(28-33)39-16-8-10-18-45(39)58(47)37-13-5-2-6-14-37/h1-31H. The lowest BCUT2D eigenvalue weighted by Crippen LogP contribution is -1.99. The predicted octanol–water partition coefficient (Wildman–Crippen LogP) is 14.4. The SMILES string of the molecule is Clc1cc(-n2c3ccc(-c4ccc5c(c4)c4ccccc4n5-c4ccccc4)cc3c3cc(-c4ccc5c(c4)c4ccccc4n5-c4ccccc4)ccc32)nc(Cl)n1. The molecule has 0 unspecified atom stereocenters. The second-order valence-corrected chi connectivity index (χ2v) is 15.7. The lowest BCUT2D eigenvalue weighted by Gasteiger charge is -2.09. The number of benzene rings is 8. The van der Waals surface area contributed by atoms with E-state index in [1.165, 1.54) is 43.6 Å². The summed E-state index contributed by atoms with van der Waals surface area (Å²) in [6.45, 7) is 0. The predicted molar refractivity (Wildman–Crippen MR) is 246 cm³/mol. The maximum absolute atomic E-state index is 6.49. The van der Waals surface area contributed by atoms with Crippen molar-refractivity contribution in [2.75, 3.05) is 0 Å². The second-order valence-electron chi connectivity index (χ2n) is 15.0. The molecule has 0 aliphatic carbocycles. The molecule has 0 aliphatic heterocycles. The number of nitrogens with zero attached hydrogens (tertiary/aromatic N) is 5. The van der Waals surface area contributed by atoms with E-state index in [1.807, 2.05) is 0 Å². The number of para-hydroxylation sites is 4. The van der Waals surface area contributed by atoms with Gasteiger partial charge in [0.2, 0.25) is 5.28 Å². The quantitative estimate of drug-likeness (QED) is 0.129. The van der Waals surface area contributed by atoms with Gasteiger partial charge in [0, 0.05) is 49.8 Å². The molecule has 0 spiro atoms. The number of rotatable bonds is 5. The molecule has 278 valence electrons. The van der Waals surface area contributed by atoms with Crippen molar-refractivity contribution in [1.82, 2.24) is 23.7 Å². The zero-order chi connectivity index (χ0) is 39.2. The molecule has 4 heterocycles. The van der Waals surface area contributed by atoms with Gasteiger partial charge in [0.05, 0.1) is 33.1 Å². The summed E-state index contributed by atoms with van der Waals surface area (Å²) >= 11 is 12.9. The van der Waals surface area contributed by atoms with Gasteiger partial charge in [-0.15, -0.1) is 0 Å². The molecule has 4 aromatic heterocycles. The first kappa shape index (κ1) is 33.9. The zero-order valence-electron chi connectivity index (χ0n) is 31.4. The van der Waals surface area contributed by atoms with Crippen LogP contribution < -0.4 is 0 Å². The van der Waals surface area contributed by atoms with Gasteiger partial charge in [-0.1, -0.05) is 109 Å². The fourth-order valence-corrected chi connectivity index (χ4v) is 9.54. The van der Waals surface area contributed by atoms with Crippen molar-refractivity contribution in [2.24, 2.45) is 0 Å². The van der Waals surface area contributed by atoms with Crippen molar-refractivity contribution in [3.63, 3.8) is 0 Å². The van der Waals surface area contributed by atoms with Crippen LogP contribution in [-0.4, -0.2) is 23.7 Å². The van der Waals surface area contributed by atoms with Gasteiger partial charge in [0.25, 0.3) is 0 Å². The molecule has 0 saturated carbocycles. The average molecular weight is 797 g/mol. The summed E-state index contributed by atoms with van der Waals surface area (Å²) in [4.78, 5) is 8.80. The molecular weight excluding hydrogens is 766 g/mol. The van der Waals surface area contributed by atoms with E-state index in [2.05, 4.69) is 206 Å². The normalized spacial score (nSPS) is 11.9. The lowest BCUT2D eigenvalue weighted by molar-refractivity contribution is 1.04. The van der Waals surface area contributed by atoms with Crippen LogP contribution in [0.1, 0.15) is 0 Å². The Balaban J connectivity index is 1.06. The Morgan fingerprint density at radius 2 is 0.661 bits per heavy atom. The first-order valence-electron chi connectivity index (χ1n) is 19.5. The monoisotopic (exact) mass is 795 g/mol. The molecule has 12 rings (SSSR count). The molecule has 8 aromatic carbocycles. The van der Waals surface area contributed by atoms with Gasteiger partial charge in [0.1, 0.15) is 11.0 Å². The van der Waals surface area contributed by atoms with Crippen LogP contribution in [-0.2, 0) is 0 Å². The molecule has 0 fully saturated rings. The smallest absolute Gasteiger partial charge is 0.225 e. The maximum Gasteiger partial charge on any atom is 0.225 e. The third-order valence-electron chi connectivity index (χ3n) is 11.7. The van der Waals surface area contributed by atoms with Crippen molar-refractivity contribution in [3.05, 3.63) is 198 Å². The number of halogens is 2. The number of hydrogen-bond acceptors (Lipinski definition) is 2. The van der Waals surface area contributed by atoms with Gasteiger partial charge in [-0.05, 0) is 119 Å². The van der Waals surface area contributed by atoms with Crippen molar-refractivity contribution >= 4 is 88.6 Å². The van der Waals surface area contributed by atoms with Crippen molar-refractivity contribution in [2.45, 2.75) is 0 Å². The fraction of sp³-hybridized carbons (Fsp3) is 0. The van der Waals surface area contributed by atoms with Gasteiger partial charge in [-0.25, -0.2) is 4.98 Å². The molecule has 0 N–H and O–H groups in total. The second kappa shape index (κ2) is 13.2. The van der Waals surface area contributed by atoms with Crippen molar-refractivity contribution in [3.8, 4) is 39.4 Å². The van der Waals surface area contributed by atoms with E-state index in [-0.39, 0.29) is 10.4 Å². The molecular formula is C52H31Cl2N5. The molecule has 0 atom stereocenters. The molecule has 0 aliphatic rings. The molecule has 0 radical (unpaired) electrons. The van der Waals surface area contributed by atoms with Crippen LogP contribution in [0.25, 0.3) is 105 Å². The molecule has 0 saturated heterocycles. The summed E-state index contributed by atoms with van der Waals surface area (Å²) in [7, 11) is 0. The van der Waals surface area contributed by atoms with E-state index in [4.69, 9.17) is 23.2 Å². The molecule has 7 heteroatoms. The maximum atomic E-state index is 6.49. The van der Waals surface area contributed by atoms with Gasteiger partial charge < -0.3 is 9.13 Å². The summed E-state index contributed by atoms with van der Waals surface area (Å²) in [5, 5.41) is 7.43. The molecule has 5 nitrogen and oxygen atoms in total. The van der Waals surface area contributed by atoms with Gasteiger partial charge in [-0.2, -0.15) is 4.98 Å². The molecule has 12 aromatic rings. The average Bonchev–Trinajstić information content (AvgIpc) is 3.91. The Labute approximate surface area is 348 Å². The Kier molecular flexibility index (Phi) is 7.58. The molecule has 0 amide bonds. The Hall–Kier alpha value is -7.18. The van der Waals surface area contributed by atoms with Crippen LogP contribution >= 0.6 is 23.2 Å². The van der Waals surface area contributed by atoms with Gasteiger partial charge in [0.15, 0.2) is 0 Å². The summed E-state index contributed by atoms with van der Waals surface area (Å²) in [5.74, 6) is 0.612. The van der Waals surface area contributed by atoms with Crippen molar-refractivity contribution < 1.29 is 0 Å². The summed E-state index contributed by atoms with van der Waals surface area (Å²) < 4.78 is 6.83. The topological polar surface area (TPSA) is 40.6 Å². The molecule has 0 bridgehead atoms. The molecule has 59 heavy (non-hydrogen) atoms. The van der Waals surface area contributed by atoms with Crippen LogP contribution in [0.15, 0.2) is 188 Å². The third kappa shape index (κ3) is 5.32. The van der Waals surface area contributed by atoms with E-state index in [0.717, 1.165) is 55.4 Å². The first-order valence-corrected chi connectivity index (χ1v) is 20.3. The zero-order valence-corrected chi connectivity index (χ0v) is 32.9. The van der Waals surface area contributed by atoms with Crippen LogP contribution in [0.3, 0.4) is 0 Å². The minimum Gasteiger partial charge on any atom is -0.309 e. The summed E-state index contributed by atoms with van der Waals surface area (Å²) in [6.07, 6.45) is 0. The van der Waals surface area contributed by atoms with Crippen molar-refractivity contribution in [1.29, 1.82) is 0 Å². The number of hydrogen-bond donors (Lipinski definition) is 0. The van der Waals surface area contributed by atoms with E-state index in [0.29, 0.717) is 5.82 Å². The van der Waals surface area contributed by atoms with E-state index in [1.54, 1.807) is 6.07 Å². The van der Waals surface area contributed by atoms with Crippen LogP contribution in [0, 0.1) is 0 Å². The number of fused-ring (bicyclic) bond motifs is 9. The first-order chi connectivity index (χ1) is 29.1.